The summed E-state index contributed by atoms with van der Waals surface area (Å²) < 4.78 is 38.1. The molecule has 0 aliphatic carbocycles. The van der Waals surface area contributed by atoms with E-state index in [-0.39, 0.29) is 4.90 Å². The minimum Gasteiger partial charge on any atom is -0.419 e. The third kappa shape index (κ3) is 3.96. The quantitative estimate of drug-likeness (QED) is 0.622. The van der Waals surface area contributed by atoms with E-state index in [0.717, 1.165) is 11.1 Å². The van der Waals surface area contributed by atoms with E-state index in [1.54, 1.807) is 13.8 Å². The van der Waals surface area contributed by atoms with Gasteiger partial charge in [-0.05, 0) is 32.9 Å². The molecule has 0 spiro atoms. The number of aryl methyl sites for hydroxylation is 3. The third-order valence-corrected chi connectivity index (χ3v) is 7.13. The lowest BCUT2D eigenvalue weighted by Gasteiger charge is -2.33. The highest BCUT2D eigenvalue weighted by molar-refractivity contribution is 7.89. The van der Waals surface area contributed by atoms with Crippen LogP contribution in [0.15, 0.2) is 38.1 Å². The van der Waals surface area contributed by atoms with Crippen LogP contribution < -0.4 is 0 Å². The molecule has 29 heavy (non-hydrogen) atoms. The van der Waals surface area contributed by atoms with E-state index >= 15 is 0 Å². The Morgan fingerprint density at radius 3 is 2.48 bits per heavy atom. The summed E-state index contributed by atoms with van der Waals surface area (Å²) in [6.07, 6.45) is 0. The van der Waals surface area contributed by atoms with Gasteiger partial charge in [-0.1, -0.05) is 22.9 Å². The molecule has 2 aromatic heterocycles. The zero-order valence-electron chi connectivity index (χ0n) is 16.6. The molecule has 154 valence electrons. The zero-order valence-corrected chi connectivity index (χ0v) is 17.4. The average molecular weight is 417 g/mol. The summed E-state index contributed by atoms with van der Waals surface area (Å²) in [5, 5.41) is 12.0. The standard InChI is InChI=1S/C19H23N5O4S/c1-13-5-4-6-16(11-13)19-21-20-17(27-19)12-23-7-9-24(10-8-23)29(25,26)18-14(2)22-28-15(18)3/h4-6,11H,7-10,12H2,1-3H3. The Kier molecular flexibility index (Phi) is 5.24. The molecular formula is C19H23N5O4S. The van der Waals surface area contributed by atoms with E-state index in [4.69, 9.17) is 8.94 Å². The molecule has 0 saturated carbocycles. The second-order valence-corrected chi connectivity index (χ2v) is 9.08. The summed E-state index contributed by atoms with van der Waals surface area (Å²) in [5.41, 5.74) is 2.40. The molecule has 3 heterocycles. The first-order valence-corrected chi connectivity index (χ1v) is 10.8. The van der Waals surface area contributed by atoms with Gasteiger partial charge in [0.25, 0.3) is 0 Å². The van der Waals surface area contributed by atoms with Gasteiger partial charge in [0.15, 0.2) is 5.76 Å². The number of hydrogen-bond donors (Lipinski definition) is 0. The Morgan fingerprint density at radius 2 is 1.83 bits per heavy atom. The lowest BCUT2D eigenvalue weighted by molar-refractivity contribution is 0.168. The minimum absolute atomic E-state index is 0.172. The van der Waals surface area contributed by atoms with Crippen molar-refractivity contribution >= 4 is 10.0 Å². The second kappa shape index (κ2) is 7.69. The van der Waals surface area contributed by atoms with Crippen molar-refractivity contribution in [1.82, 2.24) is 24.6 Å². The first-order chi connectivity index (χ1) is 13.8. The number of rotatable bonds is 5. The van der Waals surface area contributed by atoms with Gasteiger partial charge >= 0.3 is 0 Å². The van der Waals surface area contributed by atoms with E-state index in [2.05, 4.69) is 20.3 Å². The lowest BCUT2D eigenvalue weighted by Crippen LogP contribution is -2.48. The maximum Gasteiger partial charge on any atom is 0.248 e. The lowest BCUT2D eigenvalue weighted by atomic mass is 10.1. The van der Waals surface area contributed by atoms with Crippen molar-refractivity contribution < 1.29 is 17.4 Å². The molecular weight excluding hydrogens is 394 g/mol. The van der Waals surface area contributed by atoms with E-state index in [1.165, 1.54) is 4.31 Å². The maximum absolute atomic E-state index is 12.9. The number of hydrogen-bond acceptors (Lipinski definition) is 8. The van der Waals surface area contributed by atoms with Gasteiger partial charge in [0.1, 0.15) is 10.6 Å². The highest BCUT2D eigenvalue weighted by atomic mass is 32.2. The van der Waals surface area contributed by atoms with Crippen molar-refractivity contribution in [3.63, 3.8) is 0 Å². The Labute approximate surface area is 169 Å². The summed E-state index contributed by atoms with van der Waals surface area (Å²) in [5.74, 6) is 1.33. The van der Waals surface area contributed by atoms with Crippen molar-refractivity contribution in [3.05, 3.63) is 47.2 Å². The van der Waals surface area contributed by atoms with Crippen molar-refractivity contribution in [2.75, 3.05) is 26.2 Å². The van der Waals surface area contributed by atoms with Crippen LogP contribution in [0, 0.1) is 20.8 Å². The molecule has 0 bridgehead atoms. The first-order valence-electron chi connectivity index (χ1n) is 9.39. The Hall–Kier alpha value is -2.56. The van der Waals surface area contributed by atoms with Crippen LogP contribution in [-0.2, 0) is 16.6 Å². The summed E-state index contributed by atoms with van der Waals surface area (Å²) in [7, 11) is -3.61. The number of sulfonamides is 1. The van der Waals surface area contributed by atoms with Crippen LogP contribution in [0.25, 0.3) is 11.5 Å². The summed E-state index contributed by atoms with van der Waals surface area (Å²) in [4.78, 5) is 2.28. The van der Waals surface area contributed by atoms with Gasteiger partial charge in [0.05, 0.1) is 6.54 Å². The fraction of sp³-hybridized carbons (Fsp3) is 0.421. The SMILES string of the molecule is Cc1cccc(-c2nnc(CN3CCN(S(=O)(=O)c4c(C)noc4C)CC3)o2)c1. The molecule has 1 saturated heterocycles. The van der Waals surface area contributed by atoms with Crippen LogP contribution in [0.1, 0.15) is 22.9 Å². The summed E-state index contributed by atoms with van der Waals surface area (Å²) in [6.45, 7) is 7.66. The number of benzene rings is 1. The van der Waals surface area contributed by atoms with Gasteiger partial charge in [0, 0.05) is 31.7 Å². The largest absolute Gasteiger partial charge is 0.419 e. The average Bonchev–Trinajstić information content (AvgIpc) is 3.29. The number of piperazine rings is 1. The van der Waals surface area contributed by atoms with Crippen molar-refractivity contribution in [1.29, 1.82) is 0 Å². The van der Waals surface area contributed by atoms with Gasteiger partial charge in [-0.25, -0.2) is 8.42 Å². The molecule has 1 aliphatic rings. The van der Waals surface area contributed by atoms with Gasteiger partial charge < -0.3 is 8.94 Å². The van der Waals surface area contributed by atoms with Crippen LogP contribution in [0.2, 0.25) is 0 Å². The molecule has 0 radical (unpaired) electrons. The van der Waals surface area contributed by atoms with Crippen LogP contribution in [0.5, 0.6) is 0 Å². The molecule has 0 atom stereocenters. The van der Waals surface area contributed by atoms with Crippen molar-refractivity contribution in [2.24, 2.45) is 0 Å². The highest BCUT2D eigenvalue weighted by Gasteiger charge is 2.33. The van der Waals surface area contributed by atoms with E-state index in [9.17, 15) is 8.42 Å². The van der Waals surface area contributed by atoms with Gasteiger partial charge in [-0.2, -0.15) is 4.31 Å². The number of nitrogens with zero attached hydrogens (tertiary/aromatic N) is 5. The minimum atomic E-state index is -3.61. The smallest absolute Gasteiger partial charge is 0.248 e. The van der Waals surface area contributed by atoms with Gasteiger partial charge in [-0.3, -0.25) is 4.90 Å². The van der Waals surface area contributed by atoms with E-state index in [1.807, 2.05) is 31.2 Å². The fourth-order valence-corrected chi connectivity index (χ4v) is 5.22. The Bertz CT molecular complexity index is 1090. The number of aromatic nitrogens is 3. The van der Waals surface area contributed by atoms with Crippen molar-refractivity contribution in [2.45, 2.75) is 32.2 Å². The van der Waals surface area contributed by atoms with E-state index < -0.39 is 10.0 Å². The van der Waals surface area contributed by atoms with Crippen LogP contribution >= 0.6 is 0 Å². The molecule has 10 heteroatoms. The van der Waals surface area contributed by atoms with Crippen LogP contribution in [0.4, 0.5) is 0 Å². The highest BCUT2D eigenvalue weighted by Crippen LogP contribution is 2.25. The molecule has 1 fully saturated rings. The predicted octanol–water partition coefficient (Wildman–Crippen LogP) is 2.16. The molecule has 0 N–H and O–H groups in total. The van der Waals surface area contributed by atoms with Crippen molar-refractivity contribution in [3.8, 4) is 11.5 Å². The predicted molar refractivity (Wildman–Crippen MR) is 104 cm³/mol. The second-order valence-electron chi connectivity index (χ2n) is 7.20. The monoisotopic (exact) mass is 417 g/mol. The van der Waals surface area contributed by atoms with Crippen LogP contribution in [0.3, 0.4) is 0 Å². The Balaban J connectivity index is 1.40. The van der Waals surface area contributed by atoms with Gasteiger partial charge in [0.2, 0.25) is 21.8 Å². The molecule has 1 aromatic carbocycles. The molecule has 9 nitrogen and oxygen atoms in total. The van der Waals surface area contributed by atoms with Crippen LogP contribution in [-0.4, -0.2) is 59.2 Å². The molecule has 4 rings (SSSR count). The summed E-state index contributed by atoms with van der Waals surface area (Å²) in [6, 6.07) is 7.89. The third-order valence-electron chi connectivity index (χ3n) is 4.99. The van der Waals surface area contributed by atoms with E-state index in [0.29, 0.717) is 56.0 Å². The fourth-order valence-electron chi connectivity index (χ4n) is 3.50. The first kappa shape index (κ1) is 19.7. The summed E-state index contributed by atoms with van der Waals surface area (Å²) >= 11 is 0. The maximum atomic E-state index is 12.9. The Morgan fingerprint density at radius 1 is 1.07 bits per heavy atom. The molecule has 0 unspecified atom stereocenters. The topological polar surface area (TPSA) is 106 Å². The molecule has 3 aromatic rings. The molecule has 0 amide bonds. The molecule has 1 aliphatic heterocycles. The van der Waals surface area contributed by atoms with Gasteiger partial charge in [-0.15, -0.1) is 10.2 Å². The normalized spacial score (nSPS) is 16.4. The zero-order chi connectivity index (χ0) is 20.6.